The van der Waals surface area contributed by atoms with E-state index in [1.54, 1.807) is 13.2 Å². The Balaban J connectivity index is 1.91. The number of benzene rings is 3. The van der Waals surface area contributed by atoms with E-state index in [9.17, 15) is 4.79 Å². The van der Waals surface area contributed by atoms with Crippen LogP contribution >= 0.6 is 34.2 Å². The van der Waals surface area contributed by atoms with Crippen molar-refractivity contribution in [1.29, 1.82) is 0 Å². The van der Waals surface area contributed by atoms with Crippen LogP contribution in [0.5, 0.6) is 5.88 Å². The van der Waals surface area contributed by atoms with Gasteiger partial charge in [0.05, 0.1) is 12.6 Å². The monoisotopic (exact) mass is 499 g/mol. The number of halogens is 2. The number of carbonyl (C=O) groups is 1. The molecule has 0 saturated heterocycles. The molecule has 3 aromatic carbocycles. The molecule has 0 N–H and O–H groups in total. The smallest absolute Gasteiger partial charge is 0.214 e. The number of methoxy groups -OCH3 is 1. The van der Waals surface area contributed by atoms with Crippen LogP contribution < -0.4 is 4.74 Å². The summed E-state index contributed by atoms with van der Waals surface area (Å²) in [6.45, 7) is 0. The van der Waals surface area contributed by atoms with Crippen molar-refractivity contribution >= 4 is 50.9 Å². The first-order valence-electron chi connectivity index (χ1n) is 8.60. The molecular formula is C23H15ClINO2. The van der Waals surface area contributed by atoms with Crippen molar-refractivity contribution in [2.75, 3.05) is 7.11 Å². The second kappa shape index (κ2) is 7.89. The van der Waals surface area contributed by atoms with Gasteiger partial charge in [-0.05, 0) is 76.2 Å². The van der Waals surface area contributed by atoms with Crippen LogP contribution in [-0.2, 0) is 0 Å². The summed E-state index contributed by atoms with van der Waals surface area (Å²) in [5, 5.41) is 1.52. The normalized spacial score (nSPS) is 10.8. The highest BCUT2D eigenvalue weighted by molar-refractivity contribution is 14.1. The van der Waals surface area contributed by atoms with Gasteiger partial charge in [0.1, 0.15) is 0 Å². The summed E-state index contributed by atoms with van der Waals surface area (Å²) in [5.74, 6) is 0.493. The predicted molar refractivity (Wildman–Crippen MR) is 121 cm³/mol. The van der Waals surface area contributed by atoms with Crippen LogP contribution in [0.25, 0.3) is 22.0 Å². The molecule has 0 aliphatic heterocycles. The Kier molecular flexibility index (Phi) is 5.33. The van der Waals surface area contributed by atoms with E-state index in [-0.39, 0.29) is 5.78 Å². The number of ether oxygens (including phenoxy) is 1. The van der Waals surface area contributed by atoms with Crippen LogP contribution in [0.2, 0.25) is 5.02 Å². The zero-order valence-electron chi connectivity index (χ0n) is 14.9. The maximum Gasteiger partial charge on any atom is 0.214 e. The van der Waals surface area contributed by atoms with Crippen molar-refractivity contribution < 1.29 is 9.53 Å². The van der Waals surface area contributed by atoms with Gasteiger partial charge in [-0.1, -0.05) is 35.9 Å². The fourth-order valence-electron chi connectivity index (χ4n) is 3.14. The molecule has 4 rings (SSSR count). The highest BCUT2D eigenvalue weighted by Crippen LogP contribution is 2.33. The largest absolute Gasteiger partial charge is 0.481 e. The number of hydrogen-bond acceptors (Lipinski definition) is 3. The molecule has 1 heterocycles. The Morgan fingerprint density at radius 1 is 0.964 bits per heavy atom. The summed E-state index contributed by atoms with van der Waals surface area (Å²) < 4.78 is 6.39. The standard InChI is InChI=1S/C23H15ClINO2/c1-28-22-13-19(14-4-2-6-17(24)10-14)20-12-16(8-9-21(20)26-22)23(27)15-5-3-7-18(25)11-15/h2-13H,1H3. The minimum Gasteiger partial charge on any atom is -0.481 e. The average molecular weight is 500 g/mol. The first kappa shape index (κ1) is 18.9. The number of ketones is 1. The van der Waals surface area contributed by atoms with Gasteiger partial charge in [-0.3, -0.25) is 4.79 Å². The number of nitrogens with zero attached hydrogens (tertiary/aromatic N) is 1. The van der Waals surface area contributed by atoms with Gasteiger partial charge in [0.2, 0.25) is 5.88 Å². The highest BCUT2D eigenvalue weighted by atomic mass is 127. The van der Waals surface area contributed by atoms with Gasteiger partial charge in [0.25, 0.3) is 0 Å². The molecule has 0 bridgehead atoms. The third kappa shape index (κ3) is 3.75. The second-order valence-electron chi connectivity index (χ2n) is 6.29. The second-order valence-corrected chi connectivity index (χ2v) is 7.98. The van der Waals surface area contributed by atoms with E-state index in [0.29, 0.717) is 22.0 Å². The van der Waals surface area contributed by atoms with Gasteiger partial charge in [0.15, 0.2) is 5.78 Å². The third-order valence-electron chi connectivity index (χ3n) is 4.48. The number of carbonyl (C=O) groups excluding carboxylic acids is 1. The van der Waals surface area contributed by atoms with Crippen LogP contribution in [0.3, 0.4) is 0 Å². The fourth-order valence-corrected chi connectivity index (χ4v) is 3.87. The quantitative estimate of drug-likeness (QED) is 0.241. The predicted octanol–water partition coefficient (Wildman–Crippen LogP) is 6.40. The number of aromatic nitrogens is 1. The molecule has 0 unspecified atom stereocenters. The zero-order chi connectivity index (χ0) is 19.7. The number of fused-ring (bicyclic) bond motifs is 1. The van der Waals surface area contributed by atoms with Gasteiger partial charge >= 0.3 is 0 Å². The molecule has 0 amide bonds. The Morgan fingerprint density at radius 2 is 1.75 bits per heavy atom. The molecule has 3 nitrogen and oxygen atoms in total. The molecule has 138 valence electrons. The van der Waals surface area contributed by atoms with E-state index in [1.165, 1.54) is 0 Å². The molecule has 0 saturated carbocycles. The van der Waals surface area contributed by atoms with Gasteiger partial charge in [-0.2, -0.15) is 0 Å². The van der Waals surface area contributed by atoms with E-state index in [2.05, 4.69) is 27.6 Å². The molecule has 0 fully saturated rings. The summed E-state index contributed by atoms with van der Waals surface area (Å²) in [6.07, 6.45) is 0. The molecular weight excluding hydrogens is 485 g/mol. The Hall–Kier alpha value is -2.44. The molecule has 5 heteroatoms. The van der Waals surface area contributed by atoms with Crippen molar-refractivity contribution in [3.05, 3.63) is 92.5 Å². The third-order valence-corrected chi connectivity index (χ3v) is 5.39. The lowest BCUT2D eigenvalue weighted by molar-refractivity contribution is 0.103. The van der Waals surface area contributed by atoms with Crippen LogP contribution in [0.4, 0.5) is 0 Å². The maximum absolute atomic E-state index is 13.0. The lowest BCUT2D eigenvalue weighted by atomic mass is 9.97. The first-order valence-corrected chi connectivity index (χ1v) is 10.1. The fraction of sp³-hybridized carbons (Fsp3) is 0.0435. The van der Waals surface area contributed by atoms with E-state index in [1.807, 2.05) is 66.7 Å². The highest BCUT2D eigenvalue weighted by Gasteiger charge is 2.14. The van der Waals surface area contributed by atoms with Crippen molar-refractivity contribution in [2.45, 2.75) is 0 Å². The summed E-state index contributed by atoms with van der Waals surface area (Å²) in [4.78, 5) is 17.5. The molecule has 0 spiro atoms. The molecule has 0 radical (unpaired) electrons. The number of hydrogen-bond donors (Lipinski definition) is 0. The van der Waals surface area contributed by atoms with E-state index in [4.69, 9.17) is 16.3 Å². The summed E-state index contributed by atoms with van der Waals surface area (Å²) >= 11 is 8.40. The Morgan fingerprint density at radius 3 is 2.50 bits per heavy atom. The number of rotatable bonds is 4. The van der Waals surface area contributed by atoms with E-state index in [0.717, 1.165) is 25.6 Å². The van der Waals surface area contributed by atoms with Crippen molar-refractivity contribution in [3.8, 4) is 17.0 Å². The molecule has 28 heavy (non-hydrogen) atoms. The van der Waals surface area contributed by atoms with Gasteiger partial charge in [0, 0.05) is 31.2 Å². The van der Waals surface area contributed by atoms with Crippen molar-refractivity contribution in [2.24, 2.45) is 0 Å². The van der Waals surface area contributed by atoms with Gasteiger partial charge in [-0.15, -0.1) is 0 Å². The minimum absolute atomic E-state index is 0.0201. The Labute approximate surface area is 181 Å². The topological polar surface area (TPSA) is 39.2 Å². The van der Waals surface area contributed by atoms with Crippen LogP contribution in [0, 0.1) is 3.57 Å². The van der Waals surface area contributed by atoms with Crippen molar-refractivity contribution in [1.82, 2.24) is 4.98 Å². The van der Waals surface area contributed by atoms with E-state index < -0.39 is 0 Å². The van der Waals surface area contributed by atoms with Crippen LogP contribution in [0.1, 0.15) is 15.9 Å². The SMILES string of the molecule is COc1cc(-c2cccc(Cl)c2)c2cc(C(=O)c3cccc(I)c3)ccc2n1. The van der Waals surface area contributed by atoms with Crippen LogP contribution in [-0.4, -0.2) is 17.9 Å². The molecule has 4 aromatic rings. The summed E-state index contributed by atoms with van der Waals surface area (Å²) in [5.41, 5.74) is 3.90. The average Bonchev–Trinajstić information content (AvgIpc) is 2.72. The molecule has 0 aliphatic rings. The summed E-state index contributed by atoms with van der Waals surface area (Å²) in [6, 6.07) is 22.6. The summed E-state index contributed by atoms with van der Waals surface area (Å²) in [7, 11) is 1.59. The zero-order valence-corrected chi connectivity index (χ0v) is 17.9. The minimum atomic E-state index is -0.0201. The van der Waals surface area contributed by atoms with Gasteiger partial charge in [-0.25, -0.2) is 4.98 Å². The lowest BCUT2D eigenvalue weighted by Gasteiger charge is -2.11. The van der Waals surface area contributed by atoms with Crippen molar-refractivity contribution in [3.63, 3.8) is 0 Å². The maximum atomic E-state index is 13.0. The lowest BCUT2D eigenvalue weighted by Crippen LogP contribution is -2.02. The first-order chi connectivity index (χ1) is 13.5. The van der Waals surface area contributed by atoms with E-state index >= 15 is 0 Å². The molecule has 1 aromatic heterocycles. The Bertz CT molecular complexity index is 1210. The number of pyridine rings is 1. The molecule has 0 atom stereocenters. The van der Waals surface area contributed by atoms with Gasteiger partial charge < -0.3 is 4.74 Å². The van der Waals surface area contributed by atoms with Crippen LogP contribution in [0.15, 0.2) is 72.8 Å². The molecule has 0 aliphatic carbocycles.